The number of amides is 2. The van der Waals surface area contributed by atoms with Crippen LogP contribution < -0.4 is 10.5 Å². The summed E-state index contributed by atoms with van der Waals surface area (Å²) >= 11 is 0. The first kappa shape index (κ1) is 22.4. The van der Waals surface area contributed by atoms with Gasteiger partial charge in [0.25, 0.3) is 5.91 Å². The summed E-state index contributed by atoms with van der Waals surface area (Å²) in [6.45, 7) is 6.44. The molecule has 3 N–H and O–H groups in total. The molecule has 0 spiro atoms. The number of hydrogen-bond acceptors (Lipinski definition) is 4. The van der Waals surface area contributed by atoms with Crippen molar-refractivity contribution in [2.24, 2.45) is 11.1 Å². The van der Waals surface area contributed by atoms with Gasteiger partial charge in [-0.1, -0.05) is 39.0 Å². The zero-order valence-electron chi connectivity index (χ0n) is 18.9. The van der Waals surface area contributed by atoms with E-state index in [0.717, 1.165) is 11.3 Å². The lowest BCUT2D eigenvalue weighted by Gasteiger charge is -2.36. The van der Waals surface area contributed by atoms with Crippen molar-refractivity contribution in [3.8, 4) is 22.8 Å². The minimum atomic E-state index is -0.950. The lowest BCUT2D eigenvalue weighted by atomic mass is 9.83. The zero-order chi connectivity index (χ0) is 23.8. The van der Waals surface area contributed by atoms with Crippen molar-refractivity contribution < 1.29 is 19.4 Å². The average Bonchev–Trinajstić information content (AvgIpc) is 3.40. The van der Waals surface area contributed by atoms with E-state index in [1.165, 1.54) is 4.90 Å². The Balaban J connectivity index is 1.66. The fourth-order valence-electron chi connectivity index (χ4n) is 4.57. The maximum atomic E-state index is 12.2. The maximum absolute atomic E-state index is 12.2. The summed E-state index contributed by atoms with van der Waals surface area (Å²) < 4.78 is 7.55. The van der Waals surface area contributed by atoms with E-state index in [4.69, 9.17) is 15.6 Å². The van der Waals surface area contributed by atoms with Crippen molar-refractivity contribution in [2.75, 3.05) is 6.54 Å². The van der Waals surface area contributed by atoms with Crippen LogP contribution in [0.2, 0.25) is 0 Å². The average molecular weight is 449 g/mol. The molecule has 1 aliphatic heterocycles. The van der Waals surface area contributed by atoms with E-state index in [2.05, 4.69) is 0 Å². The van der Waals surface area contributed by atoms with Crippen LogP contribution in [0.3, 0.4) is 0 Å². The van der Waals surface area contributed by atoms with E-state index < -0.39 is 12.0 Å². The number of benzene rings is 2. The Morgan fingerprint density at radius 3 is 2.27 bits per heavy atom. The van der Waals surface area contributed by atoms with E-state index in [1.54, 1.807) is 10.9 Å². The maximum Gasteiger partial charge on any atom is 0.407 e. The summed E-state index contributed by atoms with van der Waals surface area (Å²) in [6.07, 6.45) is 1.30. The van der Waals surface area contributed by atoms with E-state index >= 15 is 0 Å². The Hall–Kier alpha value is -3.81. The van der Waals surface area contributed by atoms with Crippen LogP contribution in [-0.4, -0.2) is 44.4 Å². The zero-order valence-corrected chi connectivity index (χ0v) is 18.9. The number of para-hydroxylation sites is 1. The Kier molecular flexibility index (Phi) is 5.84. The number of carbonyl (C=O) groups excluding carboxylic acids is 1. The molecule has 1 fully saturated rings. The van der Waals surface area contributed by atoms with Gasteiger partial charge in [0.05, 0.1) is 17.6 Å². The summed E-state index contributed by atoms with van der Waals surface area (Å²) in [5, 5.41) is 14.4. The molecule has 1 saturated heterocycles. The first-order valence-electron chi connectivity index (χ1n) is 10.9. The van der Waals surface area contributed by atoms with Gasteiger partial charge in [-0.2, -0.15) is 5.10 Å². The van der Waals surface area contributed by atoms with Gasteiger partial charge in [-0.05, 0) is 48.2 Å². The van der Waals surface area contributed by atoms with E-state index in [1.807, 2.05) is 75.4 Å². The second kappa shape index (κ2) is 8.61. The normalized spacial score (nSPS) is 18.3. The van der Waals surface area contributed by atoms with Crippen LogP contribution >= 0.6 is 0 Å². The van der Waals surface area contributed by atoms with Crippen LogP contribution in [-0.2, 0) is 0 Å². The topological polar surface area (TPSA) is 111 Å². The summed E-state index contributed by atoms with van der Waals surface area (Å²) in [6, 6.07) is 16.2. The highest BCUT2D eigenvalue weighted by Crippen LogP contribution is 2.40. The Morgan fingerprint density at radius 2 is 1.70 bits per heavy atom. The SMILES string of the molecule is CC(C)(C)[C@H]1C(n2cc(C(N)=O)c(-c3ccc(Oc4ccccc4)cc3)n2)CCN1C(=O)O. The van der Waals surface area contributed by atoms with Crippen LogP contribution in [0.4, 0.5) is 4.79 Å². The van der Waals surface area contributed by atoms with Crippen molar-refractivity contribution >= 4 is 12.0 Å². The lowest BCUT2D eigenvalue weighted by molar-refractivity contribution is 0.0904. The fourth-order valence-corrected chi connectivity index (χ4v) is 4.57. The molecule has 0 radical (unpaired) electrons. The molecule has 1 unspecified atom stereocenters. The van der Waals surface area contributed by atoms with Gasteiger partial charge in [-0.15, -0.1) is 0 Å². The number of likely N-dealkylation sites (tertiary alicyclic amines) is 1. The molecule has 2 heterocycles. The number of aromatic nitrogens is 2. The molecule has 0 aliphatic carbocycles. The first-order chi connectivity index (χ1) is 15.6. The van der Waals surface area contributed by atoms with Crippen LogP contribution in [0.15, 0.2) is 60.8 Å². The highest BCUT2D eigenvalue weighted by molar-refractivity contribution is 5.98. The van der Waals surface area contributed by atoms with E-state index in [0.29, 0.717) is 30.0 Å². The third-order valence-corrected chi connectivity index (χ3v) is 5.94. The number of nitrogens with two attached hydrogens (primary N) is 1. The van der Waals surface area contributed by atoms with Gasteiger partial charge in [0.15, 0.2) is 0 Å². The van der Waals surface area contributed by atoms with Crippen LogP contribution in [0.5, 0.6) is 11.5 Å². The van der Waals surface area contributed by atoms with Gasteiger partial charge < -0.3 is 20.5 Å². The molecular weight excluding hydrogens is 420 g/mol. The van der Waals surface area contributed by atoms with Crippen molar-refractivity contribution in [3.05, 3.63) is 66.4 Å². The Bertz CT molecular complexity index is 1150. The molecule has 8 heteroatoms. The van der Waals surface area contributed by atoms with Crippen molar-refractivity contribution in [3.63, 3.8) is 0 Å². The number of hydrogen-bond donors (Lipinski definition) is 2. The number of primary amides is 1. The molecule has 3 aromatic rings. The van der Waals surface area contributed by atoms with E-state index in [9.17, 15) is 14.7 Å². The van der Waals surface area contributed by atoms with Gasteiger partial charge >= 0.3 is 6.09 Å². The predicted molar refractivity (Wildman–Crippen MR) is 124 cm³/mol. The monoisotopic (exact) mass is 448 g/mol. The quantitative estimate of drug-likeness (QED) is 0.583. The number of rotatable bonds is 5. The molecule has 2 aromatic carbocycles. The highest BCUT2D eigenvalue weighted by Gasteiger charge is 2.45. The highest BCUT2D eigenvalue weighted by atomic mass is 16.5. The largest absolute Gasteiger partial charge is 0.465 e. The molecule has 1 aliphatic rings. The summed E-state index contributed by atoms with van der Waals surface area (Å²) in [5.41, 5.74) is 6.85. The Labute approximate surface area is 192 Å². The van der Waals surface area contributed by atoms with Crippen molar-refractivity contribution in [1.29, 1.82) is 0 Å². The third kappa shape index (κ3) is 4.55. The first-order valence-corrected chi connectivity index (χ1v) is 10.9. The number of carbonyl (C=O) groups is 2. The lowest BCUT2D eigenvalue weighted by Crippen LogP contribution is -2.46. The number of carboxylic acid groups (broad SMARTS) is 1. The molecule has 2 amide bonds. The molecule has 4 rings (SSSR count). The molecule has 0 bridgehead atoms. The molecule has 1 aromatic heterocycles. The van der Waals surface area contributed by atoms with Crippen molar-refractivity contribution in [2.45, 2.75) is 39.3 Å². The number of ether oxygens (including phenoxy) is 1. The smallest absolute Gasteiger partial charge is 0.407 e. The van der Waals surface area contributed by atoms with Gasteiger partial charge in [0.1, 0.15) is 17.2 Å². The van der Waals surface area contributed by atoms with E-state index in [-0.39, 0.29) is 17.5 Å². The Morgan fingerprint density at radius 1 is 1.06 bits per heavy atom. The summed E-state index contributed by atoms with van der Waals surface area (Å²) in [4.78, 5) is 25.5. The second-order valence-corrected chi connectivity index (χ2v) is 9.32. The van der Waals surface area contributed by atoms with Gasteiger partial charge in [-0.25, -0.2) is 4.79 Å². The van der Waals surface area contributed by atoms with Gasteiger partial charge in [0, 0.05) is 18.3 Å². The molecule has 172 valence electrons. The molecule has 0 saturated carbocycles. The number of nitrogens with zero attached hydrogens (tertiary/aromatic N) is 3. The standard InChI is InChI=1S/C25H28N4O4/c1-25(2,3)22-20(13-14-28(22)24(31)32)29-15-19(23(26)30)21(27-29)16-9-11-18(12-10-16)33-17-7-5-4-6-8-17/h4-12,15,20,22H,13-14H2,1-3H3,(H2,26,30)(H,31,32)/t20?,22-/m1/s1. The predicted octanol–water partition coefficient (Wildman–Crippen LogP) is 4.78. The van der Waals surface area contributed by atoms with Crippen LogP contribution in [0.1, 0.15) is 43.6 Å². The van der Waals surface area contributed by atoms with Gasteiger partial charge in [-0.3, -0.25) is 9.48 Å². The van der Waals surface area contributed by atoms with Crippen LogP contribution in [0, 0.1) is 5.41 Å². The van der Waals surface area contributed by atoms with Gasteiger partial charge in [0.2, 0.25) is 0 Å². The minimum Gasteiger partial charge on any atom is -0.465 e. The molecule has 8 nitrogen and oxygen atoms in total. The molecular formula is C25H28N4O4. The fraction of sp³-hybridized carbons (Fsp3) is 0.320. The summed E-state index contributed by atoms with van der Waals surface area (Å²) in [7, 11) is 0. The third-order valence-electron chi connectivity index (χ3n) is 5.94. The van der Waals surface area contributed by atoms with Crippen molar-refractivity contribution in [1.82, 2.24) is 14.7 Å². The molecule has 33 heavy (non-hydrogen) atoms. The second-order valence-electron chi connectivity index (χ2n) is 9.32. The summed E-state index contributed by atoms with van der Waals surface area (Å²) in [5.74, 6) is 0.803. The molecule has 2 atom stereocenters. The van der Waals surface area contributed by atoms with Crippen LogP contribution in [0.25, 0.3) is 11.3 Å². The minimum absolute atomic E-state index is 0.200.